The Morgan fingerprint density at radius 3 is 2.67 bits per heavy atom. The molecule has 0 spiro atoms. The van der Waals surface area contributed by atoms with Gasteiger partial charge in [0, 0.05) is 19.7 Å². The molecule has 4 heteroatoms. The van der Waals surface area contributed by atoms with Crippen LogP contribution in [-0.4, -0.2) is 37.7 Å². The third-order valence-electron chi connectivity index (χ3n) is 4.47. The number of hydrogen-bond acceptors (Lipinski definition) is 3. The fraction of sp³-hybridized carbons (Fsp3) is 0.929. The molecule has 2 fully saturated rings. The van der Waals surface area contributed by atoms with Crippen LogP contribution < -0.4 is 10.6 Å². The molecule has 104 valence electrons. The van der Waals surface area contributed by atoms with Gasteiger partial charge in [-0.05, 0) is 32.1 Å². The first-order valence-corrected chi connectivity index (χ1v) is 7.27. The van der Waals surface area contributed by atoms with Gasteiger partial charge in [-0.1, -0.05) is 19.3 Å². The lowest BCUT2D eigenvalue weighted by molar-refractivity contribution is -0.124. The zero-order chi connectivity index (χ0) is 13.0. The molecule has 3 atom stereocenters. The quantitative estimate of drug-likeness (QED) is 0.798. The lowest BCUT2D eigenvalue weighted by atomic mass is 9.84. The zero-order valence-corrected chi connectivity index (χ0v) is 11.6. The number of amides is 1. The molecule has 2 unspecified atom stereocenters. The van der Waals surface area contributed by atoms with Crippen LogP contribution >= 0.6 is 0 Å². The number of ether oxygens (including phenoxy) is 1. The largest absolute Gasteiger partial charge is 0.380 e. The van der Waals surface area contributed by atoms with E-state index in [1.807, 2.05) is 0 Å². The molecule has 0 radical (unpaired) electrons. The Balaban J connectivity index is 1.76. The number of carbonyl (C=O) groups is 1. The predicted octanol–water partition coefficient (Wildman–Crippen LogP) is 1.45. The van der Waals surface area contributed by atoms with Gasteiger partial charge in [0.1, 0.15) is 0 Å². The average Bonchev–Trinajstić information content (AvgIpc) is 2.88. The third-order valence-corrected chi connectivity index (χ3v) is 4.47. The van der Waals surface area contributed by atoms with Gasteiger partial charge >= 0.3 is 0 Å². The van der Waals surface area contributed by atoms with Crippen molar-refractivity contribution >= 4 is 5.91 Å². The molecule has 2 rings (SSSR count). The summed E-state index contributed by atoms with van der Waals surface area (Å²) < 4.78 is 5.27. The van der Waals surface area contributed by atoms with Crippen LogP contribution in [0.15, 0.2) is 0 Å². The van der Waals surface area contributed by atoms with E-state index in [2.05, 4.69) is 17.6 Å². The first kappa shape index (κ1) is 13.8. The highest BCUT2D eigenvalue weighted by molar-refractivity contribution is 5.82. The normalized spacial score (nSPS) is 31.2. The second-order valence-electron chi connectivity index (χ2n) is 5.75. The molecule has 18 heavy (non-hydrogen) atoms. The number of carbonyl (C=O) groups excluding carboxylic acids is 1. The van der Waals surface area contributed by atoms with Crippen LogP contribution in [0.3, 0.4) is 0 Å². The van der Waals surface area contributed by atoms with Gasteiger partial charge < -0.3 is 15.4 Å². The van der Waals surface area contributed by atoms with Crippen LogP contribution in [0.1, 0.15) is 45.4 Å². The predicted molar refractivity (Wildman–Crippen MR) is 71.4 cm³/mol. The average molecular weight is 254 g/mol. The Kier molecular flexibility index (Phi) is 5.01. The minimum Gasteiger partial charge on any atom is -0.380 e. The summed E-state index contributed by atoms with van der Waals surface area (Å²) in [4.78, 5) is 12.1. The monoisotopic (exact) mass is 254 g/mol. The fourth-order valence-electron chi connectivity index (χ4n) is 3.16. The van der Waals surface area contributed by atoms with Crippen LogP contribution in [0.4, 0.5) is 0 Å². The summed E-state index contributed by atoms with van der Waals surface area (Å²) in [5, 5.41) is 6.41. The first-order chi connectivity index (χ1) is 8.70. The van der Waals surface area contributed by atoms with Gasteiger partial charge in [-0.25, -0.2) is 0 Å². The molecule has 0 bridgehead atoms. The van der Waals surface area contributed by atoms with E-state index in [1.54, 1.807) is 7.11 Å². The van der Waals surface area contributed by atoms with Crippen molar-refractivity contribution in [1.82, 2.24) is 10.6 Å². The van der Waals surface area contributed by atoms with Crippen molar-refractivity contribution in [3.05, 3.63) is 0 Å². The van der Waals surface area contributed by atoms with Crippen LogP contribution in [0.25, 0.3) is 0 Å². The van der Waals surface area contributed by atoms with Crippen molar-refractivity contribution in [2.24, 2.45) is 5.92 Å². The third kappa shape index (κ3) is 3.45. The summed E-state index contributed by atoms with van der Waals surface area (Å²) in [6.07, 6.45) is 7.50. The molecule has 4 nitrogen and oxygen atoms in total. The highest BCUT2D eigenvalue weighted by Crippen LogP contribution is 2.26. The lowest BCUT2D eigenvalue weighted by Gasteiger charge is -2.29. The van der Waals surface area contributed by atoms with Crippen molar-refractivity contribution in [3.63, 3.8) is 0 Å². The first-order valence-electron chi connectivity index (χ1n) is 7.27. The van der Waals surface area contributed by atoms with E-state index in [9.17, 15) is 4.79 Å². The minimum atomic E-state index is -0.0685. The van der Waals surface area contributed by atoms with E-state index in [1.165, 1.54) is 32.1 Å². The van der Waals surface area contributed by atoms with Gasteiger partial charge in [-0.2, -0.15) is 0 Å². The Morgan fingerprint density at radius 1 is 1.33 bits per heavy atom. The Hall–Kier alpha value is -0.610. The zero-order valence-electron chi connectivity index (χ0n) is 11.6. The van der Waals surface area contributed by atoms with E-state index in [0.29, 0.717) is 12.0 Å². The second-order valence-corrected chi connectivity index (χ2v) is 5.75. The van der Waals surface area contributed by atoms with E-state index < -0.39 is 0 Å². The standard InChI is InChI=1S/C14H26N2O2/c1-10(11-6-4-3-5-7-11)16-14(17)13-8-12(18-2)9-15-13/h10-13,15H,3-9H2,1-2H3,(H,16,17)/t10-,12?,13?/m1/s1. The van der Waals surface area contributed by atoms with Crippen molar-refractivity contribution in [2.45, 2.75) is 63.6 Å². The van der Waals surface area contributed by atoms with Crippen LogP contribution in [0.2, 0.25) is 0 Å². The van der Waals surface area contributed by atoms with Crippen molar-refractivity contribution in [3.8, 4) is 0 Å². The van der Waals surface area contributed by atoms with Crippen LogP contribution in [-0.2, 0) is 9.53 Å². The molecular formula is C14H26N2O2. The lowest BCUT2D eigenvalue weighted by Crippen LogP contribution is -2.46. The highest BCUT2D eigenvalue weighted by Gasteiger charge is 2.31. The van der Waals surface area contributed by atoms with Crippen LogP contribution in [0, 0.1) is 5.92 Å². The molecule has 0 aromatic rings. The van der Waals surface area contributed by atoms with Gasteiger partial charge in [0.25, 0.3) is 0 Å². The fourth-order valence-corrected chi connectivity index (χ4v) is 3.16. The molecule has 2 N–H and O–H groups in total. The van der Waals surface area contributed by atoms with Crippen molar-refractivity contribution < 1.29 is 9.53 Å². The van der Waals surface area contributed by atoms with E-state index in [-0.39, 0.29) is 18.1 Å². The van der Waals surface area contributed by atoms with Gasteiger partial charge in [0.2, 0.25) is 5.91 Å². The van der Waals surface area contributed by atoms with E-state index in [0.717, 1.165) is 13.0 Å². The molecule has 1 heterocycles. The maximum Gasteiger partial charge on any atom is 0.237 e. The van der Waals surface area contributed by atoms with Crippen LogP contribution in [0.5, 0.6) is 0 Å². The van der Waals surface area contributed by atoms with Gasteiger partial charge in [0.05, 0.1) is 12.1 Å². The Bertz CT molecular complexity index is 277. The smallest absolute Gasteiger partial charge is 0.237 e. The Labute approximate surface area is 110 Å². The molecule has 0 aromatic carbocycles. The SMILES string of the molecule is COC1CNC(C(=O)N[C@H](C)C2CCCCC2)C1. The van der Waals surface area contributed by atoms with Crippen molar-refractivity contribution in [1.29, 1.82) is 0 Å². The minimum absolute atomic E-state index is 0.0685. The maximum absolute atomic E-state index is 12.1. The summed E-state index contributed by atoms with van der Waals surface area (Å²) in [7, 11) is 1.71. The number of nitrogens with one attached hydrogen (secondary N) is 2. The van der Waals surface area contributed by atoms with Gasteiger partial charge in [-0.15, -0.1) is 0 Å². The summed E-state index contributed by atoms with van der Waals surface area (Å²) in [5.74, 6) is 0.815. The summed E-state index contributed by atoms with van der Waals surface area (Å²) in [6, 6.07) is 0.238. The summed E-state index contributed by atoms with van der Waals surface area (Å²) >= 11 is 0. The molecule has 1 saturated heterocycles. The molecular weight excluding hydrogens is 228 g/mol. The number of hydrogen-bond donors (Lipinski definition) is 2. The topological polar surface area (TPSA) is 50.4 Å². The molecule has 2 aliphatic rings. The van der Waals surface area contributed by atoms with E-state index >= 15 is 0 Å². The summed E-state index contributed by atoms with van der Waals surface area (Å²) in [6.45, 7) is 2.93. The van der Waals surface area contributed by atoms with Gasteiger partial charge in [-0.3, -0.25) is 4.79 Å². The molecule has 1 aliphatic carbocycles. The number of rotatable bonds is 4. The molecule has 1 saturated carbocycles. The molecule has 0 aromatic heterocycles. The second kappa shape index (κ2) is 6.53. The van der Waals surface area contributed by atoms with Crippen molar-refractivity contribution in [2.75, 3.05) is 13.7 Å². The van der Waals surface area contributed by atoms with E-state index in [4.69, 9.17) is 4.74 Å². The summed E-state index contributed by atoms with van der Waals surface area (Å²) in [5.41, 5.74) is 0. The van der Waals surface area contributed by atoms with Gasteiger partial charge in [0.15, 0.2) is 0 Å². The number of methoxy groups -OCH3 is 1. The molecule has 1 amide bonds. The molecule has 1 aliphatic heterocycles. The Morgan fingerprint density at radius 2 is 2.06 bits per heavy atom. The maximum atomic E-state index is 12.1. The highest BCUT2D eigenvalue weighted by atomic mass is 16.5.